The normalized spacial score (nSPS) is 12.7. The number of aliphatic hydroxyl groups excluding tert-OH is 1. The maximum Gasteiger partial charge on any atom is 0.123 e. The van der Waals surface area contributed by atoms with E-state index in [4.69, 9.17) is 11.6 Å². The highest BCUT2D eigenvalue weighted by molar-refractivity contribution is 6.31. The van der Waals surface area contributed by atoms with Crippen LogP contribution in [0.5, 0.6) is 0 Å². The quantitative estimate of drug-likeness (QED) is 0.936. The first-order chi connectivity index (χ1) is 9.43. The maximum absolute atomic E-state index is 13.3. The first kappa shape index (κ1) is 15.0. The monoisotopic (exact) mass is 296 g/mol. The fourth-order valence-electron chi connectivity index (χ4n) is 2.33. The molecule has 1 heterocycles. The van der Waals surface area contributed by atoms with Crippen molar-refractivity contribution in [1.82, 2.24) is 9.78 Å². The van der Waals surface area contributed by atoms with Crippen molar-refractivity contribution in [2.75, 3.05) is 0 Å². The van der Waals surface area contributed by atoms with Crippen LogP contribution in [0.4, 0.5) is 4.39 Å². The van der Waals surface area contributed by atoms with E-state index in [1.165, 1.54) is 12.1 Å². The minimum atomic E-state index is -0.801. The molecule has 0 aliphatic rings. The van der Waals surface area contributed by atoms with Gasteiger partial charge in [0.15, 0.2) is 0 Å². The van der Waals surface area contributed by atoms with Crippen molar-refractivity contribution in [2.45, 2.75) is 39.8 Å². The van der Waals surface area contributed by atoms with Crippen LogP contribution in [-0.4, -0.2) is 14.9 Å². The van der Waals surface area contributed by atoms with Gasteiger partial charge in [-0.2, -0.15) is 5.10 Å². The Hall–Kier alpha value is -1.39. The van der Waals surface area contributed by atoms with Crippen molar-refractivity contribution in [2.24, 2.45) is 0 Å². The van der Waals surface area contributed by atoms with Crippen molar-refractivity contribution < 1.29 is 9.50 Å². The Bertz CT molecular complexity index is 625. The molecule has 0 amide bonds. The summed E-state index contributed by atoms with van der Waals surface area (Å²) in [5.74, 6) is -0.351. The number of hydrogen-bond donors (Lipinski definition) is 1. The third-order valence-corrected chi connectivity index (χ3v) is 3.93. The maximum atomic E-state index is 13.3. The van der Waals surface area contributed by atoms with Crippen LogP contribution in [-0.2, 0) is 13.0 Å². The lowest BCUT2D eigenvalue weighted by atomic mass is 9.99. The molecule has 2 rings (SSSR count). The highest BCUT2D eigenvalue weighted by atomic mass is 35.5. The topological polar surface area (TPSA) is 38.0 Å². The molecule has 0 fully saturated rings. The van der Waals surface area contributed by atoms with Gasteiger partial charge in [-0.3, -0.25) is 4.68 Å². The van der Waals surface area contributed by atoms with Crippen molar-refractivity contribution >= 4 is 11.6 Å². The first-order valence-corrected chi connectivity index (χ1v) is 6.97. The number of hydrogen-bond acceptors (Lipinski definition) is 2. The molecule has 1 aromatic carbocycles. The minimum Gasteiger partial charge on any atom is -0.388 e. The number of rotatable bonds is 4. The van der Waals surface area contributed by atoms with E-state index in [1.807, 2.05) is 20.8 Å². The van der Waals surface area contributed by atoms with Gasteiger partial charge in [0, 0.05) is 13.0 Å². The molecule has 108 valence electrons. The predicted octanol–water partition coefficient (Wildman–Crippen LogP) is 3.59. The van der Waals surface area contributed by atoms with E-state index < -0.39 is 6.10 Å². The van der Waals surface area contributed by atoms with Crippen LogP contribution in [0.25, 0.3) is 0 Å². The molecule has 0 radical (unpaired) electrons. The lowest BCUT2D eigenvalue weighted by molar-refractivity contribution is 0.174. The Morgan fingerprint density at radius 1 is 1.40 bits per heavy atom. The van der Waals surface area contributed by atoms with Crippen LogP contribution in [0.3, 0.4) is 0 Å². The Labute approximate surface area is 123 Å². The van der Waals surface area contributed by atoms with Gasteiger partial charge in [-0.05, 0) is 44.0 Å². The van der Waals surface area contributed by atoms with Crippen molar-refractivity contribution in [3.05, 3.63) is 51.6 Å². The number of nitrogens with zero attached hydrogens (tertiary/aromatic N) is 2. The number of aromatic nitrogens is 2. The fourth-order valence-corrected chi connectivity index (χ4v) is 2.54. The molecule has 1 atom stereocenters. The van der Waals surface area contributed by atoms with E-state index in [0.29, 0.717) is 23.6 Å². The Balaban J connectivity index is 2.32. The molecule has 0 aliphatic carbocycles. The predicted molar refractivity (Wildman–Crippen MR) is 77.4 cm³/mol. The second-order valence-corrected chi connectivity index (χ2v) is 5.26. The molecule has 0 saturated heterocycles. The zero-order valence-electron chi connectivity index (χ0n) is 11.8. The van der Waals surface area contributed by atoms with Crippen LogP contribution in [0.2, 0.25) is 5.02 Å². The van der Waals surface area contributed by atoms with Gasteiger partial charge in [-0.15, -0.1) is 0 Å². The fraction of sp³-hybridized carbons (Fsp3) is 0.400. The van der Waals surface area contributed by atoms with Crippen molar-refractivity contribution in [3.63, 3.8) is 0 Å². The summed E-state index contributed by atoms with van der Waals surface area (Å²) in [4.78, 5) is 0. The average Bonchev–Trinajstić information content (AvgIpc) is 2.69. The summed E-state index contributed by atoms with van der Waals surface area (Å²) in [6.07, 6.45) is -0.484. The second kappa shape index (κ2) is 5.94. The van der Waals surface area contributed by atoms with Crippen LogP contribution in [0.15, 0.2) is 18.2 Å². The Kier molecular flexibility index (Phi) is 4.45. The Morgan fingerprint density at radius 2 is 2.10 bits per heavy atom. The van der Waals surface area contributed by atoms with Crippen LogP contribution in [0, 0.1) is 19.7 Å². The van der Waals surface area contributed by atoms with E-state index in [9.17, 15) is 9.50 Å². The molecule has 5 heteroatoms. The lowest BCUT2D eigenvalue weighted by Gasteiger charge is -2.15. The molecule has 2 aromatic rings. The van der Waals surface area contributed by atoms with Gasteiger partial charge in [0.05, 0.1) is 22.5 Å². The van der Waals surface area contributed by atoms with E-state index in [-0.39, 0.29) is 5.82 Å². The molecule has 1 N–H and O–H groups in total. The molecule has 20 heavy (non-hydrogen) atoms. The van der Waals surface area contributed by atoms with Crippen LogP contribution in [0.1, 0.15) is 35.5 Å². The number of benzene rings is 1. The van der Waals surface area contributed by atoms with Crippen LogP contribution >= 0.6 is 11.6 Å². The lowest BCUT2D eigenvalue weighted by Crippen LogP contribution is -2.10. The van der Waals surface area contributed by atoms with Gasteiger partial charge in [-0.1, -0.05) is 17.7 Å². The van der Waals surface area contributed by atoms with Crippen LogP contribution < -0.4 is 0 Å². The van der Waals surface area contributed by atoms with Gasteiger partial charge in [0.25, 0.3) is 0 Å². The average molecular weight is 297 g/mol. The second-order valence-electron chi connectivity index (χ2n) is 4.88. The summed E-state index contributed by atoms with van der Waals surface area (Å²) in [5, 5.41) is 15.3. The third-order valence-electron chi connectivity index (χ3n) is 3.44. The van der Waals surface area contributed by atoms with E-state index in [2.05, 4.69) is 5.10 Å². The summed E-state index contributed by atoms with van der Waals surface area (Å²) >= 11 is 6.23. The van der Waals surface area contributed by atoms with E-state index >= 15 is 0 Å². The first-order valence-electron chi connectivity index (χ1n) is 6.60. The summed E-state index contributed by atoms with van der Waals surface area (Å²) in [6, 6.07) is 4.42. The summed E-state index contributed by atoms with van der Waals surface area (Å²) in [5.41, 5.74) is 2.96. The molecular weight excluding hydrogens is 279 g/mol. The molecule has 1 aromatic heterocycles. The molecule has 1 unspecified atom stereocenters. The van der Waals surface area contributed by atoms with Crippen molar-refractivity contribution in [1.29, 1.82) is 0 Å². The SMILES string of the molecule is CCn1nc(C)c(Cl)c1CC(O)c1cc(F)ccc1C. The van der Waals surface area contributed by atoms with Gasteiger partial charge >= 0.3 is 0 Å². The molecule has 3 nitrogen and oxygen atoms in total. The largest absolute Gasteiger partial charge is 0.388 e. The summed E-state index contributed by atoms with van der Waals surface area (Å²) < 4.78 is 15.1. The number of halogens is 2. The molecular formula is C15H18ClFN2O. The highest BCUT2D eigenvalue weighted by Crippen LogP contribution is 2.27. The Morgan fingerprint density at radius 3 is 2.75 bits per heavy atom. The molecule has 0 saturated carbocycles. The summed E-state index contributed by atoms with van der Waals surface area (Å²) in [6.45, 7) is 6.32. The van der Waals surface area contributed by atoms with E-state index in [0.717, 1.165) is 17.0 Å². The zero-order chi connectivity index (χ0) is 14.9. The minimum absolute atomic E-state index is 0.317. The van der Waals surface area contributed by atoms with Gasteiger partial charge in [-0.25, -0.2) is 4.39 Å². The zero-order valence-corrected chi connectivity index (χ0v) is 12.6. The number of aryl methyl sites for hydroxylation is 3. The van der Waals surface area contributed by atoms with Gasteiger partial charge in [0.2, 0.25) is 0 Å². The number of aliphatic hydroxyl groups is 1. The van der Waals surface area contributed by atoms with Gasteiger partial charge in [0.1, 0.15) is 5.82 Å². The smallest absolute Gasteiger partial charge is 0.123 e. The van der Waals surface area contributed by atoms with Crippen molar-refractivity contribution in [3.8, 4) is 0 Å². The molecule has 0 spiro atoms. The molecule has 0 aliphatic heterocycles. The summed E-state index contributed by atoms with van der Waals surface area (Å²) in [7, 11) is 0. The highest BCUT2D eigenvalue weighted by Gasteiger charge is 2.19. The standard InChI is InChI=1S/C15H18ClFN2O/c1-4-19-13(15(16)10(3)18-19)8-14(20)12-7-11(17)6-5-9(12)2/h5-7,14,20H,4,8H2,1-3H3. The molecule has 0 bridgehead atoms. The van der Waals surface area contributed by atoms with E-state index in [1.54, 1.807) is 10.7 Å². The van der Waals surface area contributed by atoms with Gasteiger partial charge < -0.3 is 5.11 Å². The third kappa shape index (κ3) is 2.86.